The Kier molecular flexibility index (Phi) is 2.31. The van der Waals surface area contributed by atoms with Gasteiger partial charge < -0.3 is 0 Å². The summed E-state index contributed by atoms with van der Waals surface area (Å²) in [6.45, 7) is 5.67. The largest absolute Gasteiger partial charge is 0.258 e. The lowest BCUT2D eigenvalue weighted by Crippen LogP contribution is -1.89. The highest BCUT2D eigenvalue weighted by Crippen LogP contribution is 2.12. The van der Waals surface area contributed by atoms with E-state index < -0.39 is 0 Å². The van der Waals surface area contributed by atoms with Gasteiger partial charge in [-0.15, -0.1) is 0 Å². The van der Waals surface area contributed by atoms with E-state index >= 15 is 0 Å². The summed E-state index contributed by atoms with van der Waals surface area (Å²) >= 11 is 0. The first-order valence-electron chi connectivity index (χ1n) is 3.53. The van der Waals surface area contributed by atoms with Crippen LogP contribution in [0.4, 0.5) is 5.69 Å². The molecule has 58 valence electrons. The van der Waals surface area contributed by atoms with E-state index in [1.54, 1.807) is 12.4 Å². The number of hydrogen-bond donors (Lipinski definition) is 0. The lowest BCUT2D eigenvalue weighted by molar-refractivity contribution is 1.01. The van der Waals surface area contributed by atoms with Crippen LogP contribution >= 0.6 is 0 Å². The molecule has 0 saturated heterocycles. The highest BCUT2D eigenvalue weighted by molar-refractivity contribution is 5.60. The molecule has 0 fully saturated rings. The minimum absolute atomic E-state index is 0.789. The average molecular weight is 149 g/mol. The SMILES string of the molecule is CC=Nc1cnc(C)nc1C. The van der Waals surface area contributed by atoms with Crippen molar-refractivity contribution >= 4 is 11.9 Å². The van der Waals surface area contributed by atoms with Gasteiger partial charge in [-0.1, -0.05) is 0 Å². The number of aliphatic imine (C=N–C) groups is 1. The van der Waals surface area contributed by atoms with Crippen LogP contribution in [0.3, 0.4) is 0 Å². The third-order valence-corrected chi connectivity index (χ3v) is 1.34. The lowest BCUT2D eigenvalue weighted by atomic mass is 10.4. The van der Waals surface area contributed by atoms with Gasteiger partial charge in [-0.25, -0.2) is 9.97 Å². The zero-order chi connectivity index (χ0) is 8.27. The van der Waals surface area contributed by atoms with Gasteiger partial charge in [0.15, 0.2) is 0 Å². The normalized spacial score (nSPS) is 10.8. The van der Waals surface area contributed by atoms with Crippen LogP contribution in [0.5, 0.6) is 0 Å². The van der Waals surface area contributed by atoms with E-state index in [-0.39, 0.29) is 0 Å². The van der Waals surface area contributed by atoms with E-state index in [0.717, 1.165) is 17.2 Å². The van der Waals surface area contributed by atoms with Crippen LogP contribution < -0.4 is 0 Å². The summed E-state index contributed by atoms with van der Waals surface area (Å²) < 4.78 is 0. The molecule has 1 rings (SSSR count). The lowest BCUT2D eigenvalue weighted by Gasteiger charge is -1.97. The van der Waals surface area contributed by atoms with Crippen molar-refractivity contribution in [2.75, 3.05) is 0 Å². The Morgan fingerprint density at radius 1 is 1.45 bits per heavy atom. The first-order chi connectivity index (χ1) is 5.24. The molecule has 0 aromatic carbocycles. The Balaban J connectivity index is 3.09. The molecule has 0 radical (unpaired) electrons. The molecule has 0 saturated carbocycles. The van der Waals surface area contributed by atoms with Crippen molar-refractivity contribution in [1.29, 1.82) is 0 Å². The van der Waals surface area contributed by atoms with Gasteiger partial charge in [-0.3, -0.25) is 4.99 Å². The summed E-state index contributed by atoms with van der Waals surface area (Å²) in [5.74, 6) is 0.789. The van der Waals surface area contributed by atoms with E-state index in [1.165, 1.54) is 0 Å². The molecule has 1 heterocycles. The highest BCUT2D eigenvalue weighted by Gasteiger charge is 1.96. The maximum atomic E-state index is 4.17. The number of aryl methyl sites for hydroxylation is 2. The molecule has 0 atom stereocenters. The van der Waals surface area contributed by atoms with Crippen LogP contribution in [-0.4, -0.2) is 16.2 Å². The van der Waals surface area contributed by atoms with Crippen molar-refractivity contribution in [1.82, 2.24) is 9.97 Å². The van der Waals surface area contributed by atoms with Gasteiger partial charge >= 0.3 is 0 Å². The molecule has 11 heavy (non-hydrogen) atoms. The van der Waals surface area contributed by atoms with Gasteiger partial charge in [0.05, 0.1) is 11.9 Å². The van der Waals surface area contributed by atoms with Crippen LogP contribution in [-0.2, 0) is 0 Å². The Morgan fingerprint density at radius 3 is 2.73 bits per heavy atom. The molecule has 0 aliphatic rings. The fourth-order valence-corrected chi connectivity index (χ4v) is 0.843. The molecule has 1 aromatic heterocycles. The van der Waals surface area contributed by atoms with Gasteiger partial charge in [0.1, 0.15) is 11.5 Å². The molecule has 0 aliphatic heterocycles. The van der Waals surface area contributed by atoms with Crippen LogP contribution in [0.15, 0.2) is 11.2 Å². The molecule has 0 N–H and O–H groups in total. The number of nitrogens with zero attached hydrogens (tertiary/aromatic N) is 3. The highest BCUT2D eigenvalue weighted by atomic mass is 14.9. The maximum Gasteiger partial charge on any atom is 0.125 e. The van der Waals surface area contributed by atoms with Crippen molar-refractivity contribution in [3.05, 3.63) is 17.7 Å². The zero-order valence-corrected chi connectivity index (χ0v) is 7.00. The third kappa shape index (κ3) is 1.83. The summed E-state index contributed by atoms with van der Waals surface area (Å²) in [7, 11) is 0. The molecule has 3 heteroatoms. The fourth-order valence-electron chi connectivity index (χ4n) is 0.843. The van der Waals surface area contributed by atoms with Gasteiger partial charge in [0.25, 0.3) is 0 Å². The van der Waals surface area contributed by atoms with Crippen molar-refractivity contribution in [3.63, 3.8) is 0 Å². The Morgan fingerprint density at radius 2 is 2.18 bits per heavy atom. The zero-order valence-electron chi connectivity index (χ0n) is 7.00. The summed E-state index contributed by atoms with van der Waals surface area (Å²) in [6, 6.07) is 0. The molecular weight excluding hydrogens is 138 g/mol. The van der Waals surface area contributed by atoms with Gasteiger partial charge in [-0.05, 0) is 20.8 Å². The molecule has 0 unspecified atom stereocenters. The van der Waals surface area contributed by atoms with Crippen LogP contribution in [0.1, 0.15) is 18.4 Å². The first kappa shape index (κ1) is 7.85. The van der Waals surface area contributed by atoms with E-state index in [0.29, 0.717) is 0 Å². The molecule has 0 amide bonds. The van der Waals surface area contributed by atoms with E-state index in [9.17, 15) is 0 Å². The minimum atomic E-state index is 0.789. The maximum absolute atomic E-state index is 4.17. The number of hydrogen-bond acceptors (Lipinski definition) is 3. The monoisotopic (exact) mass is 149 g/mol. The smallest absolute Gasteiger partial charge is 0.125 e. The molecule has 0 aliphatic carbocycles. The van der Waals surface area contributed by atoms with Crippen LogP contribution in [0.2, 0.25) is 0 Å². The van der Waals surface area contributed by atoms with Gasteiger partial charge in [0.2, 0.25) is 0 Å². The molecule has 0 spiro atoms. The first-order valence-corrected chi connectivity index (χ1v) is 3.53. The minimum Gasteiger partial charge on any atom is -0.258 e. The standard InChI is InChI=1S/C8H11N3/c1-4-9-8-5-10-7(3)11-6(8)2/h4-5H,1-3H3. The predicted molar refractivity (Wildman–Crippen MR) is 45.3 cm³/mol. The van der Waals surface area contributed by atoms with Gasteiger partial charge in [0, 0.05) is 6.21 Å². The van der Waals surface area contributed by atoms with E-state index in [2.05, 4.69) is 15.0 Å². The Labute approximate surface area is 66.2 Å². The fraction of sp³-hybridized carbons (Fsp3) is 0.375. The summed E-state index contributed by atoms with van der Waals surface area (Å²) in [5, 5.41) is 0. The molecule has 3 nitrogen and oxygen atoms in total. The van der Waals surface area contributed by atoms with Crippen molar-refractivity contribution in [3.8, 4) is 0 Å². The Bertz CT molecular complexity index is 279. The predicted octanol–water partition coefficient (Wildman–Crippen LogP) is 1.82. The summed E-state index contributed by atoms with van der Waals surface area (Å²) in [5.41, 5.74) is 1.77. The molecule has 0 bridgehead atoms. The van der Waals surface area contributed by atoms with E-state index in [1.807, 2.05) is 20.8 Å². The average Bonchev–Trinajstić information content (AvgIpc) is 1.95. The molecular formula is C8H11N3. The van der Waals surface area contributed by atoms with E-state index in [4.69, 9.17) is 0 Å². The molecule has 1 aromatic rings. The Hall–Kier alpha value is -1.25. The number of rotatable bonds is 1. The van der Waals surface area contributed by atoms with Crippen molar-refractivity contribution in [2.45, 2.75) is 20.8 Å². The van der Waals surface area contributed by atoms with Crippen LogP contribution in [0, 0.1) is 13.8 Å². The van der Waals surface area contributed by atoms with Crippen LogP contribution in [0.25, 0.3) is 0 Å². The summed E-state index contributed by atoms with van der Waals surface area (Å²) in [4.78, 5) is 12.3. The summed E-state index contributed by atoms with van der Waals surface area (Å²) in [6.07, 6.45) is 3.47. The second-order valence-corrected chi connectivity index (χ2v) is 2.28. The van der Waals surface area contributed by atoms with Crippen molar-refractivity contribution in [2.24, 2.45) is 4.99 Å². The van der Waals surface area contributed by atoms with Gasteiger partial charge in [-0.2, -0.15) is 0 Å². The van der Waals surface area contributed by atoms with Crippen molar-refractivity contribution < 1.29 is 0 Å². The third-order valence-electron chi connectivity index (χ3n) is 1.34. The second kappa shape index (κ2) is 3.23. The quantitative estimate of drug-likeness (QED) is 0.571. The second-order valence-electron chi connectivity index (χ2n) is 2.28. The topological polar surface area (TPSA) is 38.1 Å². The number of aromatic nitrogens is 2.